The maximum Gasteiger partial charge on any atom is 0.224 e. The molecule has 0 spiro atoms. The number of piperazine rings is 1. The first-order valence-corrected chi connectivity index (χ1v) is 8.36. The molecule has 0 bridgehead atoms. The van der Waals surface area contributed by atoms with E-state index >= 15 is 0 Å². The number of hydrogen-bond acceptors (Lipinski definition) is 7. The molecule has 24 heavy (non-hydrogen) atoms. The molecule has 7 heteroatoms. The maximum atomic E-state index is 4.51. The Kier molecular flexibility index (Phi) is 5.55. The van der Waals surface area contributed by atoms with Gasteiger partial charge in [-0.1, -0.05) is 0 Å². The minimum absolute atomic E-state index is 0.610. The van der Waals surface area contributed by atoms with Crippen LogP contribution in [0, 0.1) is 0 Å². The lowest BCUT2D eigenvalue weighted by Crippen LogP contribution is -2.45. The highest BCUT2D eigenvalue weighted by molar-refractivity contribution is 5.63. The standard InChI is InChI=1S/C17H25N7/c1-18-17-21-15(14-4-3-5-19-13-14)12-16(22-17)20-6-7-24-10-8-23(2)9-11-24/h3-5,12-13H,6-11H2,1-2H3,(H2,18,20,21,22). The van der Waals surface area contributed by atoms with Crippen molar-refractivity contribution in [2.45, 2.75) is 0 Å². The van der Waals surface area contributed by atoms with E-state index in [1.54, 1.807) is 6.20 Å². The molecular weight excluding hydrogens is 302 g/mol. The Hall–Kier alpha value is -2.25. The van der Waals surface area contributed by atoms with Crippen molar-refractivity contribution in [1.29, 1.82) is 0 Å². The van der Waals surface area contributed by atoms with E-state index in [4.69, 9.17) is 0 Å². The SMILES string of the molecule is CNc1nc(NCCN2CCN(C)CC2)cc(-c2cccnc2)n1. The van der Waals surface area contributed by atoms with Crippen molar-refractivity contribution in [2.75, 3.05) is 64.0 Å². The molecule has 0 radical (unpaired) electrons. The highest BCUT2D eigenvalue weighted by Crippen LogP contribution is 2.20. The van der Waals surface area contributed by atoms with Crippen LogP contribution in [-0.2, 0) is 0 Å². The van der Waals surface area contributed by atoms with Gasteiger partial charge in [0.15, 0.2) is 0 Å². The maximum absolute atomic E-state index is 4.51. The molecule has 7 nitrogen and oxygen atoms in total. The van der Waals surface area contributed by atoms with Crippen molar-refractivity contribution in [2.24, 2.45) is 0 Å². The third kappa shape index (κ3) is 4.39. The summed E-state index contributed by atoms with van der Waals surface area (Å²) in [6, 6.07) is 5.89. The van der Waals surface area contributed by atoms with Gasteiger partial charge in [0.2, 0.25) is 5.95 Å². The average Bonchev–Trinajstić information content (AvgIpc) is 2.64. The van der Waals surface area contributed by atoms with Crippen LogP contribution >= 0.6 is 0 Å². The third-order valence-electron chi connectivity index (χ3n) is 4.24. The predicted octanol–water partition coefficient (Wildman–Crippen LogP) is 1.24. The molecule has 0 saturated carbocycles. The second kappa shape index (κ2) is 8.03. The fourth-order valence-corrected chi connectivity index (χ4v) is 2.73. The summed E-state index contributed by atoms with van der Waals surface area (Å²) in [6.07, 6.45) is 3.58. The van der Waals surface area contributed by atoms with Gasteiger partial charge in [-0.15, -0.1) is 0 Å². The van der Waals surface area contributed by atoms with E-state index in [0.29, 0.717) is 5.95 Å². The van der Waals surface area contributed by atoms with Crippen molar-refractivity contribution >= 4 is 11.8 Å². The molecule has 0 amide bonds. The van der Waals surface area contributed by atoms with Crippen molar-refractivity contribution in [3.63, 3.8) is 0 Å². The Morgan fingerprint density at radius 3 is 2.71 bits per heavy atom. The molecule has 2 N–H and O–H groups in total. The van der Waals surface area contributed by atoms with Gasteiger partial charge in [-0.05, 0) is 19.2 Å². The topological polar surface area (TPSA) is 69.2 Å². The first-order valence-electron chi connectivity index (χ1n) is 8.36. The summed E-state index contributed by atoms with van der Waals surface area (Å²) in [5.74, 6) is 1.45. The summed E-state index contributed by atoms with van der Waals surface area (Å²) in [7, 11) is 4.01. The van der Waals surface area contributed by atoms with Gasteiger partial charge < -0.3 is 15.5 Å². The highest BCUT2D eigenvalue weighted by Gasteiger charge is 2.13. The lowest BCUT2D eigenvalue weighted by molar-refractivity contribution is 0.158. The van der Waals surface area contributed by atoms with Gasteiger partial charge >= 0.3 is 0 Å². The van der Waals surface area contributed by atoms with Gasteiger partial charge in [0.25, 0.3) is 0 Å². The van der Waals surface area contributed by atoms with Crippen molar-refractivity contribution in [1.82, 2.24) is 24.8 Å². The van der Waals surface area contributed by atoms with Crippen LogP contribution in [0.1, 0.15) is 0 Å². The summed E-state index contributed by atoms with van der Waals surface area (Å²) in [5.41, 5.74) is 1.85. The van der Waals surface area contributed by atoms with Crippen LogP contribution in [0.3, 0.4) is 0 Å². The van der Waals surface area contributed by atoms with E-state index in [-0.39, 0.29) is 0 Å². The number of anilines is 2. The first kappa shape index (κ1) is 16.6. The average molecular weight is 327 g/mol. The van der Waals surface area contributed by atoms with Crippen LogP contribution in [0.25, 0.3) is 11.3 Å². The number of nitrogens with one attached hydrogen (secondary N) is 2. The predicted molar refractivity (Wildman–Crippen MR) is 97.2 cm³/mol. The zero-order chi connectivity index (χ0) is 16.8. The normalized spacial score (nSPS) is 16.1. The number of likely N-dealkylation sites (N-methyl/N-ethyl adjacent to an activating group) is 1. The van der Waals surface area contributed by atoms with Crippen LogP contribution in [0.5, 0.6) is 0 Å². The second-order valence-electron chi connectivity index (χ2n) is 6.03. The number of rotatable bonds is 6. The lowest BCUT2D eigenvalue weighted by Gasteiger charge is -2.32. The number of pyridine rings is 1. The largest absolute Gasteiger partial charge is 0.369 e. The Morgan fingerprint density at radius 1 is 1.17 bits per heavy atom. The Balaban J connectivity index is 1.62. The van der Waals surface area contributed by atoms with Gasteiger partial charge in [-0.3, -0.25) is 9.88 Å². The first-order chi connectivity index (χ1) is 11.7. The molecule has 0 aliphatic carbocycles. The van der Waals surface area contributed by atoms with Crippen LogP contribution in [0.2, 0.25) is 0 Å². The quantitative estimate of drug-likeness (QED) is 0.827. The fraction of sp³-hybridized carbons (Fsp3) is 0.471. The molecule has 1 saturated heterocycles. The summed E-state index contributed by atoms with van der Waals surface area (Å²) in [6.45, 7) is 6.44. The summed E-state index contributed by atoms with van der Waals surface area (Å²) >= 11 is 0. The molecule has 0 atom stereocenters. The molecule has 0 unspecified atom stereocenters. The Labute approximate surface area is 143 Å². The van der Waals surface area contributed by atoms with E-state index in [1.165, 1.54) is 0 Å². The van der Waals surface area contributed by atoms with Crippen LogP contribution < -0.4 is 10.6 Å². The molecular formula is C17H25N7. The molecule has 1 fully saturated rings. The van der Waals surface area contributed by atoms with Crippen molar-refractivity contribution in [3.05, 3.63) is 30.6 Å². The van der Waals surface area contributed by atoms with Crippen LogP contribution in [-0.4, -0.2) is 78.1 Å². The fourth-order valence-electron chi connectivity index (χ4n) is 2.73. The lowest BCUT2D eigenvalue weighted by atomic mass is 10.2. The van der Waals surface area contributed by atoms with E-state index < -0.39 is 0 Å². The van der Waals surface area contributed by atoms with Crippen molar-refractivity contribution in [3.8, 4) is 11.3 Å². The molecule has 0 aromatic carbocycles. The zero-order valence-electron chi connectivity index (χ0n) is 14.4. The molecule has 3 heterocycles. The minimum atomic E-state index is 0.610. The highest BCUT2D eigenvalue weighted by atomic mass is 15.3. The molecule has 1 aliphatic heterocycles. The van der Waals surface area contributed by atoms with Gasteiger partial charge in [0, 0.05) is 70.3 Å². The zero-order valence-corrected chi connectivity index (χ0v) is 14.4. The molecule has 2 aromatic rings. The van der Waals surface area contributed by atoms with Gasteiger partial charge in [0.1, 0.15) is 5.82 Å². The summed E-state index contributed by atoms with van der Waals surface area (Å²) < 4.78 is 0. The Morgan fingerprint density at radius 2 is 2.00 bits per heavy atom. The van der Waals surface area contributed by atoms with E-state index in [1.807, 2.05) is 31.4 Å². The molecule has 128 valence electrons. The molecule has 3 rings (SSSR count). The molecule has 2 aromatic heterocycles. The third-order valence-corrected chi connectivity index (χ3v) is 4.24. The Bertz CT molecular complexity index is 639. The monoisotopic (exact) mass is 327 g/mol. The summed E-state index contributed by atoms with van der Waals surface area (Å²) in [5, 5.41) is 6.44. The van der Waals surface area contributed by atoms with Crippen molar-refractivity contribution < 1.29 is 0 Å². The van der Waals surface area contributed by atoms with Gasteiger partial charge in [0.05, 0.1) is 5.69 Å². The van der Waals surface area contributed by atoms with Crippen LogP contribution in [0.4, 0.5) is 11.8 Å². The smallest absolute Gasteiger partial charge is 0.224 e. The van der Waals surface area contributed by atoms with Gasteiger partial charge in [-0.25, -0.2) is 4.98 Å². The van der Waals surface area contributed by atoms with E-state index in [9.17, 15) is 0 Å². The van der Waals surface area contributed by atoms with Gasteiger partial charge in [-0.2, -0.15) is 4.98 Å². The number of aromatic nitrogens is 3. The molecule has 1 aliphatic rings. The summed E-state index contributed by atoms with van der Waals surface area (Å²) in [4.78, 5) is 18.0. The van der Waals surface area contributed by atoms with E-state index in [2.05, 4.69) is 42.4 Å². The minimum Gasteiger partial charge on any atom is -0.369 e. The van der Waals surface area contributed by atoms with E-state index in [0.717, 1.165) is 56.3 Å². The number of nitrogens with zero attached hydrogens (tertiary/aromatic N) is 5. The number of hydrogen-bond donors (Lipinski definition) is 2. The second-order valence-corrected chi connectivity index (χ2v) is 6.03. The van der Waals surface area contributed by atoms with Crippen LogP contribution in [0.15, 0.2) is 30.6 Å².